The molecule has 5 heteroatoms. The van der Waals surface area contributed by atoms with Crippen LogP contribution in [0.3, 0.4) is 0 Å². The number of fused-ring (bicyclic) bond motifs is 1. The smallest absolute Gasteiger partial charge is 0.255 e. The zero-order valence-electron chi connectivity index (χ0n) is 14.2. The molecule has 0 saturated carbocycles. The molecule has 2 N–H and O–H groups in total. The molecule has 0 radical (unpaired) electrons. The Balaban J connectivity index is 1.58. The van der Waals surface area contributed by atoms with Gasteiger partial charge < -0.3 is 15.1 Å². The van der Waals surface area contributed by atoms with Gasteiger partial charge in [0, 0.05) is 29.5 Å². The van der Waals surface area contributed by atoms with Gasteiger partial charge in [0.15, 0.2) is 5.58 Å². The van der Waals surface area contributed by atoms with Gasteiger partial charge in [0.1, 0.15) is 5.52 Å². The Bertz CT molecular complexity index is 1050. The summed E-state index contributed by atoms with van der Waals surface area (Å²) in [5.74, 6) is 0.394. The molecule has 0 aliphatic rings. The van der Waals surface area contributed by atoms with Crippen molar-refractivity contribution in [3.05, 3.63) is 78.4 Å². The monoisotopic (exact) mass is 343 g/mol. The van der Waals surface area contributed by atoms with E-state index in [9.17, 15) is 4.79 Å². The topological polar surface area (TPSA) is 67.2 Å². The standard InChI is InChI=1S/C21H17N3O2/c1-22-16-9-7-14(8-10-16)20(25)23-17-11-12-19-18(13-17)24-21(26-19)15-5-3-2-4-6-15/h2-13,22H,1H3,(H,23,25). The minimum atomic E-state index is -0.168. The number of rotatable bonds is 4. The van der Waals surface area contributed by atoms with Crippen LogP contribution in [-0.2, 0) is 0 Å². The second kappa shape index (κ2) is 6.72. The Labute approximate surface area is 150 Å². The lowest BCUT2D eigenvalue weighted by Gasteiger charge is -2.06. The lowest BCUT2D eigenvalue weighted by Crippen LogP contribution is -2.11. The Hall–Kier alpha value is -3.60. The summed E-state index contributed by atoms with van der Waals surface area (Å²) in [6.45, 7) is 0. The van der Waals surface area contributed by atoms with Crippen molar-refractivity contribution in [2.24, 2.45) is 0 Å². The average Bonchev–Trinajstić information content (AvgIpc) is 3.12. The quantitative estimate of drug-likeness (QED) is 0.559. The van der Waals surface area contributed by atoms with Crippen LogP contribution < -0.4 is 10.6 Å². The molecule has 26 heavy (non-hydrogen) atoms. The second-order valence-electron chi connectivity index (χ2n) is 5.85. The van der Waals surface area contributed by atoms with Crippen molar-refractivity contribution in [1.29, 1.82) is 0 Å². The van der Waals surface area contributed by atoms with E-state index in [1.165, 1.54) is 0 Å². The van der Waals surface area contributed by atoms with Gasteiger partial charge >= 0.3 is 0 Å². The van der Waals surface area contributed by atoms with E-state index in [-0.39, 0.29) is 5.91 Å². The highest BCUT2D eigenvalue weighted by Gasteiger charge is 2.10. The molecule has 0 fully saturated rings. The summed E-state index contributed by atoms with van der Waals surface area (Å²) in [4.78, 5) is 16.9. The number of aromatic nitrogens is 1. The summed E-state index contributed by atoms with van der Waals surface area (Å²) in [5, 5.41) is 5.92. The van der Waals surface area contributed by atoms with Crippen LogP contribution in [0.4, 0.5) is 11.4 Å². The molecule has 4 aromatic rings. The normalized spacial score (nSPS) is 10.7. The van der Waals surface area contributed by atoms with Crippen molar-refractivity contribution in [1.82, 2.24) is 4.98 Å². The summed E-state index contributed by atoms with van der Waals surface area (Å²) >= 11 is 0. The number of anilines is 2. The molecule has 1 aromatic heterocycles. The highest BCUT2D eigenvalue weighted by atomic mass is 16.3. The number of amides is 1. The number of carbonyl (C=O) groups excluding carboxylic acids is 1. The Morgan fingerprint density at radius 1 is 0.923 bits per heavy atom. The van der Waals surface area contributed by atoms with Crippen LogP contribution in [0.5, 0.6) is 0 Å². The molecule has 4 rings (SSSR count). The number of hydrogen-bond donors (Lipinski definition) is 2. The van der Waals surface area contributed by atoms with E-state index >= 15 is 0 Å². The summed E-state index contributed by atoms with van der Waals surface area (Å²) < 4.78 is 5.79. The molecule has 128 valence electrons. The van der Waals surface area contributed by atoms with E-state index < -0.39 is 0 Å². The molecule has 0 atom stereocenters. The van der Waals surface area contributed by atoms with Crippen LogP contribution in [0.1, 0.15) is 10.4 Å². The summed E-state index contributed by atoms with van der Waals surface area (Å²) in [6, 6.07) is 22.4. The second-order valence-corrected chi connectivity index (χ2v) is 5.85. The molecular weight excluding hydrogens is 326 g/mol. The number of benzene rings is 3. The molecule has 0 aliphatic heterocycles. The maximum Gasteiger partial charge on any atom is 0.255 e. The van der Waals surface area contributed by atoms with E-state index in [2.05, 4.69) is 15.6 Å². The third-order valence-corrected chi connectivity index (χ3v) is 4.10. The molecule has 0 unspecified atom stereocenters. The van der Waals surface area contributed by atoms with Crippen molar-refractivity contribution in [3.8, 4) is 11.5 Å². The van der Waals surface area contributed by atoms with Crippen molar-refractivity contribution in [2.75, 3.05) is 17.7 Å². The first-order valence-electron chi connectivity index (χ1n) is 8.28. The SMILES string of the molecule is CNc1ccc(C(=O)Nc2ccc3oc(-c4ccccc4)nc3c2)cc1. The number of hydrogen-bond acceptors (Lipinski definition) is 4. The van der Waals surface area contributed by atoms with Crippen molar-refractivity contribution >= 4 is 28.4 Å². The van der Waals surface area contributed by atoms with Crippen molar-refractivity contribution in [2.45, 2.75) is 0 Å². The van der Waals surface area contributed by atoms with E-state index in [0.29, 0.717) is 28.2 Å². The number of nitrogens with zero attached hydrogens (tertiary/aromatic N) is 1. The highest BCUT2D eigenvalue weighted by Crippen LogP contribution is 2.26. The Kier molecular flexibility index (Phi) is 4.11. The van der Waals surface area contributed by atoms with Gasteiger partial charge in [-0.15, -0.1) is 0 Å². The number of nitrogens with one attached hydrogen (secondary N) is 2. The van der Waals surface area contributed by atoms with Crippen LogP contribution in [0.2, 0.25) is 0 Å². The predicted molar refractivity (Wildman–Crippen MR) is 103 cm³/mol. The lowest BCUT2D eigenvalue weighted by atomic mass is 10.2. The molecular formula is C21H17N3O2. The minimum absolute atomic E-state index is 0.168. The van der Waals surface area contributed by atoms with E-state index in [0.717, 1.165) is 11.3 Å². The van der Waals surface area contributed by atoms with Crippen molar-refractivity contribution < 1.29 is 9.21 Å². The van der Waals surface area contributed by atoms with Gasteiger partial charge in [-0.05, 0) is 54.6 Å². The number of carbonyl (C=O) groups is 1. The fourth-order valence-electron chi connectivity index (χ4n) is 2.70. The zero-order valence-corrected chi connectivity index (χ0v) is 14.2. The largest absolute Gasteiger partial charge is 0.436 e. The van der Waals surface area contributed by atoms with Gasteiger partial charge in [-0.2, -0.15) is 0 Å². The van der Waals surface area contributed by atoms with Crippen LogP contribution in [0.25, 0.3) is 22.6 Å². The van der Waals surface area contributed by atoms with E-state index in [4.69, 9.17) is 4.42 Å². The van der Waals surface area contributed by atoms with Crippen LogP contribution in [0, 0.1) is 0 Å². The molecule has 3 aromatic carbocycles. The minimum Gasteiger partial charge on any atom is -0.436 e. The Morgan fingerprint density at radius 2 is 1.65 bits per heavy atom. The average molecular weight is 343 g/mol. The van der Waals surface area contributed by atoms with Gasteiger partial charge in [0.2, 0.25) is 5.89 Å². The Morgan fingerprint density at radius 3 is 2.38 bits per heavy atom. The van der Waals surface area contributed by atoms with Crippen LogP contribution in [-0.4, -0.2) is 17.9 Å². The van der Waals surface area contributed by atoms with Gasteiger partial charge in [-0.3, -0.25) is 4.79 Å². The first kappa shape index (κ1) is 15.9. The summed E-state index contributed by atoms with van der Waals surface area (Å²) in [6.07, 6.45) is 0. The van der Waals surface area contributed by atoms with Crippen molar-refractivity contribution in [3.63, 3.8) is 0 Å². The van der Waals surface area contributed by atoms with Crippen LogP contribution in [0.15, 0.2) is 77.2 Å². The first-order chi connectivity index (χ1) is 12.7. The highest BCUT2D eigenvalue weighted by molar-refractivity contribution is 6.05. The summed E-state index contributed by atoms with van der Waals surface area (Å²) in [5.41, 5.74) is 4.52. The fourth-order valence-corrected chi connectivity index (χ4v) is 2.70. The maximum atomic E-state index is 12.4. The molecule has 1 amide bonds. The molecule has 0 spiro atoms. The predicted octanol–water partition coefficient (Wildman–Crippen LogP) is 4.79. The fraction of sp³-hybridized carbons (Fsp3) is 0.0476. The molecule has 5 nitrogen and oxygen atoms in total. The first-order valence-corrected chi connectivity index (χ1v) is 8.28. The summed E-state index contributed by atoms with van der Waals surface area (Å²) in [7, 11) is 1.84. The molecule has 0 bridgehead atoms. The third-order valence-electron chi connectivity index (χ3n) is 4.10. The molecule has 0 saturated heterocycles. The van der Waals surface area contributed by atoms with E-state index in [1.807, 2.05) is 67.7 Å². The van der Waals surface area contributed by atoms with Gasteiger partial charge in [-0.25, -0.2) is 4.98 Å². The van der Waals surface area contributed by atoms with Gasteiger partial charge in [0.25, 0.3) is 5.91 Å². The van der Waals surface area contributed by atoms with E-state index in [1.54, 1.807) is 12.1 Å². The maximum absolute atomic E-state index is 12.4. The third kappa shape index (κ3) is 3.15. The van der Waals surface area contributed by atoms with Crippen LogP contribution >= 0.6 is 0 Å². The van der Waals surface area contributed by atoms with Gasteiger partial charge in [0.05, 0.1) is 0 Å². The number of oxazole rings is 1. The molecule has 1 heterocycles. The lowest BCUT2D eigenvalue weighted by molar-refractivity contribution is 0.102. The zero-order chi connectivity index (χ0) is 17.9. The molecule has 0 aliphatic carbocycles. The van der Waals surface area contributed by atoms with Gasteiger partial charge in [-0.1, -0.05) is 18.2 Å².